The molecule has 134 valence electrons. The Bertz CT molecular complexity index is 529. The van der Waals surface area contributed by atoms with Crippen molar-refractivity contribution in [2.45, 2.75) is 44.6 Å². The zero-order valence-corrected chi connectivity index (χ0v) is 15.3. The molecule has 2 N–H and O–H groups in total. The van der Waals surface area contributed by atoms with Gasteiger partial charge in [0, 0.05) is 7.11 Å². The minimum atomic E-state index is -0.695. The first-order valence-corrected chi connectivity index (χ1v) is 8.65. The Balaban J connectivity index is 1.77. The van der Waals surface area contributed by atoms with E-state index in [1.807, 2.05) is 12.1 Å². The Morgan fingerprint density at radius 2 is 1.83 bits per heavy atom. The molecule has 0 aromatic heterocycles. The third-order valence-electron chi connectivity index (χ3n) is 4.59. The zero-order valence-electron chi connectivity index (χ0n) is 15.3. The summed E-state index contributed by atoms with van der Waals surface area (Å²) in [6.45, 7) is 9.08. The van der Waals surface area contributed by atoms with Crippen molar-refractivity contribution in [2.75, 3.05) is 33.4 Å². The van der Waals surface area contributed by atoms with Crippen molar-refractivity contribution in [3.8, 4) is 5.75 Å². The van der Waals surface area contributed by atoms with Crippen molar-refractivity contribution in [2.24, 2.45) is 0 Å². The van der Waals surface area contributed by atoms with Gasteiger partial charge < -0.3 is 20.1 Å². The van der Waals surface area contributed by atoms with Crippen molar-refractivity contribution in [3.05, 3.63) is 29.8 Å². The number of methoxy groups -OCH3 is 1. The Morgan fingerprint density at radius 3 is 2.38 bits per heavy atom. The molecule has 0 unspecified atom stereocenters. The van der Waals surface area contributed by atoms with Crippen LogP contribution in [0.3, 0.4) is 0 Å². The summed E-state index contributed by atoms with van der Waals surface area (Å²) in [4.78, 5) is 12.4. The molecule has 24 heavy (non-hydrogen) atoms. The molecular formula is C19H30N2O3. The lowest BCUT2D eigenvalue weighted by Gasteiger charge is -2.34. The molecule has 2 rings (SSSR count). The van der Waals surface area contributed by atoms with E-state index in [4.69, 9.17) is 9.47 Å². The second-order valence-corrected chi connectivity index (χ2v) is 7.33. The van der Waals surface area contributed by atoms with Gasteiger partial charge in [0.15, 0.2) is 0 Å². The molecule has 1 aliphatic rings. The van der Waals surface area contributed by atoms with Crippen LogP contribution in [-0.4, -0.2) is 44.9 Å². The van der Waals surface area contributed by atoms with E-state index in [2.05, 4.69) is 43.5 Å². The van der Waals surface area contributed by atoms with E-state index in [9.17, 15) is 4.79 Å². The topological polar surface area (TPSA) is 59.6 Å². The van der Waals surface area contributed by atoms with Crippen LogP contribution < -0.4 is 15.4 Å². The van der Waals surface area contributed by atoms with Crippen molar-refractivity contribution in [3.63, 3.8) is 0 Å². The number of benzene rings is 1. The van der Waals surface area contributed by atoms with E-state index in [1.54, 1.807) is 7.11 Å². The molecule has 1 heterocycles. The van der Waals surface area contributed by atoms with Gasteiger partial charge in [-0.1, -0.05) is 32.9 Å². The molecule has 0 spiro atoms. The van der Waals surface area contributed by atoms with Crippen molar-refractivity contribution in [1.29, 1.82) is 0 Å². The van der Waals surface area contributed by atoms with Crippen LogP contribution >= 0.6 is 0 Å². The highest BCUT2D eigenvalue weighted by Crippen LogP contribution is 2.24. The molecule has 5 nitrogen and oxygen atoms in total. The van der Waals surface area contributed by atoms with E-state index in [-0.39, 0.29) is 11.3 Å². The summed E-state index contributed by atoms with van der Waals surface area (Å²) < 4.78 is 11.2. The molecule has 1 aromatic carbocycles. The largest absolute Gasteiger partial charge is 0.492 e. The average molecular weight is 334 g/mol. The monoisotopic (exact) mass is 334 g/mol. The lowest BCUT2D eigenvalue weighted by molar-refractivity contribution is -0.146. The highest BCUT2D eigenvalue weighted by atomic mass is 16.5. The normalized spacial score (nSPS) is 17.3. The van der Waals surface area contributed by atoms with Gasteiger partial charge >= 0.3 is 0 Å². The molecule has 1 saturated heterocycles. The molecule has 0 aliphatic carbocycles. The highest BCUT2D eigenvalue weighted by Gasteiger charge is 2.39. The Morgan fingerprint density at radius 1 is 1.21 bits per heavy atom. The van der Waals surface area contributed by atoms with E-state index in [0.29, 0.717) is 26.0 Å². The molecule has 1 aromatic rings. The summed E-state index contributed by atoms with van der Waals surface area (Å²) in [6, 6.07) is 8.13. The quantitative estimate of drug-likeness (QED) is 0.784. The van der Waals surface area contributed by atoms with Crippen LogP contribution in [0.15, 0.2) is 24.3 Å². The lowest BCUT2D eigenvalue weighted by atomic mass is 9.87. The molecule has 1 fully saturated rings. The van der Waals surface area contributed by atoms with Gasteiger partial charge in [-0.2, -0.15) is 0 Å². The minimum Gasteiger partial charge on any atom is -0.492 e. The summed E-state index contributed by atoms with van der Waals surface area (Å²) in [5.74, 6) is 0.777. The van der Waals surface area contributed by atoms with Gasteiger partial charge in [-0.25, -0.2) is 0 Å². The van der Waals surface area contributed by atoms with Crippen molar-refractivity contribution in [1.82, 2.24) is 10.6 Å². The van der Waals surface area contributed by atoms with E-state index < -0.39 is 5.60 Å². The maximum Gasteiger partial charge on any atom is 0.252 e. The maximum absolute atomic E-state index is 12.4. The van der Waals surface area contributed by atoms with Crippen LogP contribution in [0, 0.1) is 0 Å². The van der Waals surface area contributed by atoms with Gasteiger partial charge in [0.25, 0.3) is 5.91 Å². The Kier molecular flexibility index (Phi) is 6.24. The number of carbonyl (C=O) groups excluding carboxylic acids is 1. The molecule has 0 radical (unpaired) electrons. The van der Waals surface area contributed by atoms with Gasteiger partial charge in [-0.3, -0.25) is 4.79 Å². The number of hydrogen-bond donors (Lipinski definition) is 2. The van der Waals surface area contributed by atoms with Crippen molar-refractivity contribution >= 4 is 5.91 Å². The molecular weight excluding hydrogens is 304 g/mol. The number of piperidine rings is 1. The number of amides is 1. The van der Waals surface area contributed by atoms with Gasteiger partial charge in [-0.05, 0) is 49.0 Å². The molecule has 0 bridgehead atoms. The second kappa shape index (κ2) is 7.99. The fraction of sp³-hybridized carbons (Fsp3) is 0.632. The third-order valence-corrected chi connectivity index (χ3v) is 4.59. The summed E-state index contributed by atoms with van der Waals surface area (Å²) >= 11 is 0. The molecule has 1 aliphatic heterocycles. The van der Waals surface area contributed by atoms with Crippen LogP contribution in [-0.2, 0) is 14.9 Å². The number of ether oxygens (including phenoxy) is 2. The maximum atomic E-state index is 12.4. The van der Waals surface area contributed by atoms with Gasteiger partial charge in [0.2, 0.25) is 0 Å². The van der Waals surface area contributed by atoms with E-state index in [0.717, 1.165) is 18.8 Å². The number of carbonyl (C=O) groups is 1. The average Bonchev–Trinajstić information content (AvgIpc) is 2.58. The number of nitrogens with one attached hydrogen (secondary N) is 2. The summed E-state index contributed by atoms with van der Waals surface area (Å²) in [6.07, 6.45) is 1.40. The molecule has 5 heteroatoms. The van der Waals surface area contributed by atoms with Gasteiger partial charge in [0.1, 0.15) is 18.0 Å². The molecule has 0 saturated carbocycles. The van der Waals surface area contributed by atoms with Crippen LogP contribution in [0.25, 0.3) is 0 Å². The smallest absolute Gasteiger partial charge is 0.252 e. The van der Waals surface area contributed by atoms with Crippen LogP contribution in [0.4, 0.5) is 0 Å². The number of hydrogen-bond acceptors (Lipinski definition) is 4. The molecule has 0 atom stereocenters. The van der Waals surface area contributed by atoms with Gasteiger partial charge in [-0.15, -0.1) is 0 Å². The summed E-state index contributed by atoms with van der Waals surface area (Å²) in [5.41, 5.74) is 0.714. The zero-order chi connectivity index (χ0) is 17.6. The predicted molar refractivity (Wildman–Crippen MR) is 95.5 cm³/mol. The van der Waals surface area contributed by atoms with Gasteiger partial charge in [0.05, 0.1) is 6.54 Å². The summed E-state index contributed by atoms with van der Waals surface area (Å²) in [7, 11) is 1.61. The van der Waals surface area contributed by atoms with Crippen LogP contribution in [0.5, 0.6) is 5.75 Å². The van der Waals surface area contributed by atoms with E-state index >= 15 is 0 Å². The SMILES string of the molecule is COC1(C(=O)NCCOc2ccc(C(C)(C)C)cc2)CCNCC1. The van der Waals surface area contributed by atoms with Crippen molar-refractivity contribution < 1.29 is 14.3 Å². The van der Waals surface area contributed by atoms with Crippen LogP contribution in [0.1, 0.15) is 39.2 Å². The lowest BCUT2D eigenvalue weighted by Crippen LogP contribution is -2.54. The Labute approximate surface area is 145 Å². The standard InChI is InChI=1S/C19H30N2O3/c1-18(2,3)15-5-7-16(8-6-15)24-14-13-21-17(22)19(23-4)9-11-20-12-10-19/h5-8,20H,9-14H2,1-4H3,(H,21,22). The minimum absolute atomic E-state index is 0.0434. The first kappa shape index (κ1) is 18.7. The first-order valence-electron chi connectivity index (χ1n) is 8.65. The fourth-order valence-electron chi connectivity index (χ4n) is 2.90. The number of rotatable bonds is 6. The highest BCUT2D eigenvalue weighted by molar-refractivity contribution is 5.85. The molecule has 1 amide bonds. The van der Waals surface area contributed by atoms with E-state index in [1.165, 1.54) is 5.56 Å². The second-order valence-electron chi connectivity index (χ2n) is 7.33. The Hall–Kier alpha value is -1.59. The third kappa shape index (κ3) is 4.71. The van der Waals surface area contributed by atoms with Crippen LogP contribution in [0.2, 0.25) is 0 Å². The predicted octanol–water partition coefficient (Wildman–Crippen LogP) is 2.25. The fourth-order valence-corrected chi connectivity index (χ4v) is 2.90. The first-order chi connectivity index (χ1) is 11.4. The summed E-state index contributed by atoms with van der Waals surface area (Å²) in [5, 5.41) is 6.18.